The maximum absolute atomic E-state index is 11.7. The molecule has 0 bridgehead atoms. The average Bonchev–Trinajstić information content (AvgIpc) is 2.59. The normalized spacial score (nSPS) is 10.2. The summed E-state index contributed by atoms with van der Waals surface area (Å²) in [5.41, 5.74) is 2.39. The number of aryl methyl sites for hydroxylation is 1. The lowest BCUT2D eigenvalue weighted by Crippen LogP contribution is -2.35. The van der Waals surface area contributed by atoms with E-state index in [0.29, 0.717) is 19.7 Å². The number of ether oxygens (including phenoxy) is 2. The van der Waals surface area contributed by atoms with E-state index in [-0.39, 0.29) is 12.5 Å². The zero-order chi connectivity index (χ0) is 17.2. The number of methoxy groups -OCH3 is 1. The maximum Gasteiger partial charge on any atom is 0.234 e. The highest BCUT2D eigenvalue weighted by atomic mass is 16.5. The van der Waals surface area contributed by atoms with Gasteiger partial charge in [-0.15, -0.1) is 0 Å². The molecule has 0 atom stereocenters. The van der Waals surface area contributed by atoms with Crippen LogP contribution in [0.4, 0.5) is 0 Å². The molecule has 1 amide bonds. The minimum absolute atomic E-state index is 0.0408. The zero-order valence-electron chi connectivity index (χ0n) is 14.2. The molecule has 0 unspecified atom stereocenters. The van der Waals surface area contributed by atoms with Gasteiger partial charge in [0.15, 0.2) is 0 Å². The molecule has 0 radical (unpaired) electrons. The lowest BCUT2D eigenvalue weighted by Gasteiger charge is -2.09. The lowest BCUT2D eigenvalue weighted by molar-refractivity contribution is -0.120. The fourth-order valence-corrected chi connectivity index (χ4v) is 2.24. The Labute approximate surface area is 143 Å². The highest BCUT2D eigenvalue weighted by Gasteiger charge is 2.01. The van der Waals surface area contributed by atoms with Crippen LogP contribution < -0.4 is 20.1 Å². The molecule has 0 saturated carbocycles. The maximum atomic E-state index is 11.7. The summed E-state index contributed by atoms with van der Waals surface area (Å²) in [7, 11) is 1.62. The summed E-state index contributed by atoms with van der Waals surface area (Å²) >= 11 is 0. The third-order valence-electron chi connectivity index (χ3n) is 3.45. The SMILES string of the molecule is COc1ccc(OCCNC(=O)CNCc2cccc(C)c2)cc1. The smallest absolute Gasteiger partial charge is 0.234 e. The topological polar surface area (TPSA) is 59.6 Å². The molecule has 2 aromatic rings. The van der Waals surface area contributed by atoms with Crippen LogP contribution in [0.5, 0.6) is 11.5 Å². The fraction of sp³-hybridized carbons (Fsp3) is 0.316. The van der Waals surface area contributed by atoms with E-state index in [1.54, 1.807) is 7.11 Å². The molecule has 0 fully saturated rings. The van der Waals surface area contributed by atoms with Gasteiger partial charge in [-0.2, -0.15) is 0 Å². The van der Waals surface area contributed by atoms with Crippen LogP contribution >= 0.6 is 0 Å². The van der Waals surface area contributed by atoms with Crippen LogP contribution in [-0.2, 0) is 11.3 Å². The first-order chi connectivity index (χ1) is 11.7. The molecule has 5 nitrogen and oxygen atoms in total. The Bertz CT molecular complexity index is 641. The van der Waals surface area contributed by atoms with E-state index in [4.69, 9.17) is 9.47 Å². The van der Waals surface area contributed by atoms with Crippen molar-refractivity contribution in [3.8, 4) is 11.5 Å². The van der Waals surface area contributed by atoms with Gasteiger partial charge in [0.05, 0.1) is 20.2 Å². The Morgan fingerprint density at radius 3 is 2.54 bits per heavy atom. The summed E-state index contributed by atoms with van der Waals surface area (Å²) in [5.74, 6) is 1.50. The minimum Gasteiger partial charge on any atom is -0.497 e. The summed E-state index contributed by atoms with van der Waals surface area (Å²) in [6, 6.07) is 15.6. The van der Waals surface area contributed by atoms with Crippen molar-refractivity contribution in [2.75, 3.05) is 26.8 Å². The molecular weight excluding hydrogens is 304 g/mol. The first kappa shape index (κ1) is 17.8. The lowest BCUT2D eigenvalue weighted by atomic mass is 10.1. The number of amides is 1. The van der Waals surface area contributed by atoms with Gasteiger partial charge in [0, 0.05) is 6.54 Å². The Hall–Kier alpha value is -2.53. The molecule has 24 heavy (non-hydrogen) atoms. The van der Waals surface area contributed by atoms with Gasteiger partial charge >= 0.3 is 0 Å². The highest BCUT2D eigenvalue weighted by molar-refractivity contribution is 5.77. The van der Waals surface area contributed by atoms with Crippen LogP contribution in [0.2, 0.25) is 0 Å². The van der Waals surface area contributed by atoms with Gasteiger partial charge in [-0.1, -0.05) is 29.8 Å². The molecule has 0 aliphatic carbocycles. The summed E-state index contributed by atoms with van der Waals surface area (Å²) in [6.45, 7) is 3.92. The number of hydrogen-bond acceptors (Lipinski definition) is 4. The molecule has 0 spiro atoms. The molecule has 2 aromatic carbocycles. The molecule has 0 saturated heterocycles. The van der Waals surface area contributed by atoms with E-state index in [1.807, 2.05) is 36.4 Å². The van der Waals surface area contributed by atoms with Gasteiger partial charge in [-0.05, 0) is 36.8 Å². The van der Waals surface area contributed by atoms with E-state index in [9.17, 15) is 4.79 Å². The molecule has 2 rings (SSSR count). The number of hydrogen-bond donors (Lipinski definition) is 2. The second-order valence-electron chi connectivity index (χ2n) is 5.47. The van der Waals surface area contributed by atoms with Crippen LogP contribution in [0.3, 0.4) is 0 Å². The average molecular weight is 328 g/mol. The number of nitrogens with one attached hydrogen (secondary N) is 2. The van der Waals surface area contributed by atoms with Crippen molar-refractivity contribution < 1.29 is 14.3 Å². The second-order valence-corrected chi connectivity index (χ2v) is 5.47. The predicted molar refractivity (Wildman–Crippen MR) is 94.4 cm³/mol. The van der Waals surface area contributed by atoms with Crippen LogP contribution in [0.25, 0.3) is 0 Å². The van der Waals surface area contributed by atoms with E-state index >= 15 is 0 Å². The van der Waals surface area contributed by atoms with Gasteiger partial charge < -0.3 is 20.1 Å². The summed E-state index contributed by atoms with van der Waals surface area (Å²) < 4.78 is 10.6. The molecule has 0 heterocycles. The predicted octanol–water partition coefficient (Wildman–Crippen LogP) is 2.29. The summed E-state index contributed by atoms with van der Waals surface area (Å²) in [6.07, 6.45) is 0. The van der Waals surface area contributed by atoms with Crippen molar-refractivity contribution in [1.29, 1.82) is 0 Å². The van der Waals surface area contributed by atoms with Crippen molar-refractivity contribution in [1.82, 2.24) is 10.6 Å². The van der Waals surface area contributed by atoms with Gasteiger partial charge in [0.25, 0.3) is 0 Å². The van der Waals surface area contributed by atoms with Gasteiger partial charge in [-0.25, -0.2) is 0 Å². The van der Waals surface area contributed by atoms with Crippen molar-refractivity contribution in [3.63, 3.8) is 0 Å². The quantitative estimate of drug-likeness (QED) is 0.694. The van der Waals surface area contributed by atoms with Crippen molar-refractivity contribution in [2.45, 2.75) is 13.5 Å². The standard InChI is InChI=1S/C19H24N2O3/c1-15-4-3-5-16(12-15)13-20-14-19(22)21-10-11-24-18-8-6-17(23-2)7-9-18/h3-9,12,20H,10-11,13-14H2,1-2H3,(H,21,22). The Morgan fingerprint density at radius 2 is 1.83 bits per heavy atom. The van der Waals surface area contributed by atoms with Crippen molar-refractivity contribution in [3.05, 3.63) is 59.7 Å². The third kappa shape index (κ3) is 6.30. The van der Waals surface area contributed by atoms with Crippen LogP contribution in [0.15, 0.2) is 48.5 Å². The molecule has 2 N–H and O–H groups in total. The van der Waals surface area contributed by atoms with Gasteiger partial charge in [0.1, 0.15) is 18.1 Å². The molecule has 0 aliphatic rings. The number of carbonyl (C=O) groups is 1. The first-order valence-corrected chi connectivity index (χ1v) is 7.97. The zero-order valence-corrected chi connectivity index (χ0v) is 14.2. The van der Waals surface area contributed by atoms with Crippen molar-refractivity contribution in [2.24, 2.45) is 0 Å². The van der Waals surface area contributed by atoms with Gasteiger partial charge in [-0.3, -0.25) is 4.79 Å². The van der Waals surface area contributed by atoms with E-state index in [0.717, 1.165) is 11.5 Å². The van der Waals surface area contributed by atoms with E-state index < -0.39 is 0 Å². The molecular formula is C19H24N2O3. The third-order valence-corrected chi connectivity index (χ3v) is 3.45. The molecule has 0 aromatic heterocycles. The van der Waals surface area contributed by atoms with Crippen molar-refractivity contribution >= 4 is 5.91 Å². The second kappa shape index (κ2) is 9.57. The number of benzene rings is 2. The minimum atomic E-state index is -0.0408. The monoisotopic (exact) mass is 328 g/mol. The van der Waals surface area contributed by atoms with Crippen LogP contribution in [-0.4, -0.2) is 32.7 Å². The number of rotatable bonds is 9. The van der Waals surface area contributed by atoms with Crippen LogP contribution in [0.1, 0.15) is 11.1 Å². The Kier molecular flexibility index (Phi) is 7.11. The Morgan fingerprint density at radius 1 is 1.08 bits per heavy atom. The first-order valence-electron chi connectivity index (χ1n) is 7.97. The molecule has 128 valence electrons. The largest absolute Gasteiger partial charge is 0.497 e. The van der Waals surface area contributed by atoms with E-state index in [2.05, 4.69) is 29.7 Å². The highest BCUT2D eigenvalue weighted by Crippen LogP contribution is 2.16. The van der Waals surface area contributed by atoms with Gasteiger partial charge in [0.2, 0.25) is 5.91 Å². The number of carbonyl (C=O) groups excluding carboxylic acids is 1. The Balaban J connectivity index is 1.57. The molecule has 0 aliphatic heterocycles. The van der Waals surface area contributed by atoms with Crippen LogP contribution in [0, 0.1) is 6.92 Å². The molecule has 5 heteroatoms. The summed E-state index contributed by atoms with van der Waals surface area (Å²) in [4.78, 5) is 11.7. The van der Waals surface area contributed by atoms with E-state index in [1.165, 1.54) is 11.1 Å². The fourth-order valence-electron chi connectivity index (χ4n) is 2.24. The summed E-state index contributed by atoms with van der Waals surface area (Å²) in [5, 5.41) is 5.96.